The van der Waals surface area contributed by atoms with Gasteiger partial charge >= 0.3 is 0 Å². The van der Waals surface area contributed by atoms with Crippen LogP contribution in [-0.4, -0.2) is 39.6 Å². The largest absolute Gasteiger partial charge is 0.490 e. The summed E-state index contributed by atoms with van der Waals surface area (Å²) in [6.45, 7) is 8.45. The summed E-state index contributed by atoms with van der Waals surface area (Å²) in [5.74, 6) is 3.68. The maximum absolute atomic E-state index is 12.8. The first-order valence-electron chi connectivity index (χ1n) is 10.8. The van der Waals surface area contributed by atoms with Crippen LogP contribution >= 0.6 is 11.8 Å². The Labute approximate surface area is 181 Å². The van der Waals surface area contributed by atoms with Crippen LogP contribution in [0, 0.1) is 5.92 Å². The van der Waals surface area contributed by atoms with E-state index in [-0.39, 0.29) is 17.9 Å². The highest BCUT2D eigenvalue weighted by molar-refractivity contribution is 7.99. The van der Waals surface area contributed by atoms with Crippen LogP contribution < -0.4 is 14.8 Å². The third-order valence-electron chi connectivity index (χ3n) is 5.45. The standard InChI is InChI=1S/C22H30N4O3S/c1-4-26-21(15-6-7-15)24-25-22(26)30-13-19(27)23-20(14(2)3)16-8-9-17-18(12-16)29-11-5-10-28-17/h8-9,12,14-15,20H,4-7,10-11,13H2,1-3H3,(H,23,27). The fourth-order valence-corrected chi connectivity index (χ4v) is 4.52. The fourth-order valence-electron chi connectivity index (χ4n) is 3.70. The van der Waals surface area contributed by atoms with Crippen molar-refractivity contribution in [2.45, 2.75) is 63.7 Å². The van der Waals surface area contributed by atoms with Crippen LogP contribution in [0.2, 0.25) is 0 Å². The van der Waals surface area contributed by atoms with Crippen molar-refractivity contribution in [2.24, 2.45) is 5.92 Å². The molecule has 0 radical (unpaired) electrons. The van der Waals surface area contributed by atoms with Crippen molar-refractivity contribution >= 4 is 17.7 Å². The molecule has 1 atom stereocenters. The first-order chi connectivity index (χ1) is 14.6. The minimum atomic E-state index is -0.0960. The van der Waals surface area contributed by atoms with Crippen molar-refractivity contribution in [3.8, 4) is 11.5 Å². The summed E-state index contributed by atoms with van der Waals surface area (Å²) in [7, 11) is 0. The van der Waals surface area contributed by atoms with Gasteiger partial charge in [0.25, 0.3) is 0 Å². The topological polar surface area (TPSA) is 78.3 Å². The summed E-state index contributed by atoms with van der Waals surface area (Å²) in [6, 6.07) is 5.85. The number of carbonyl (C=O) groups is 1. The molecule has 1 saturated carbocycles. The SMILES string of the molecule is CCn1c(SCC(=O)NC(c2ccc3c(c2)OCCCO3)C(C)C)nnc1C1CC1. The Hall–Kier alpha value is -2.22. The minimum Gasteiger partial charge on any atom is -0.490 e. The Kier molecular flexibility index (Phi) is 6.51. The maximum Gasteiger partial charge on any atom is 0.230 e. The number of benzene rings is 1. The number of hydrogen-bond acceptors (Lipinski definition) is 6. The second kappa shape index (κ2) is 9.29. The van der Waals surface area contributed by atoms with Crippen LogP contribution in [0.4, 0.5) is 0 Å². The number of aromatic nitrogens is 3. The Morgan fingerprint density at radius 1 is 1.23 bits per heavy atom. The van der Waals surface area contributed by atoms with Crippen molar-refractivity contribution in [1.82, 2.24) is 20.1 Å². The molecule has 1 amide bonds. The zero-order valence-corrected chi connectivity index (χ0v) is 18.7. The average molecular weight is 431 g/mol. The van der Waals surface area contributed by atoms with Gasteiger partial charge in [0.05, 0.1) is 25.0 Å². The number of ether oxygens (including phenoxy) is 2. The molecule has 1 aromatic heterocycles. The van der Waals surface area contributed by atoms with E-state index >= 15 is 0 Å². The van der Waals surface area contributed by atoms with E-state index in [2.05, 4.69) is 40.9 Å². The van der Waals surface area contributed by atoms with Gasteiger partial charge in [0.15, 0.2) is 16.7 Å². The molecular weight excluding hydrogens is 400 g/mol. The zero-order chi connectivity index (χ0) is 21.1. The first-order valence-corrected chi connectivity index (χ1v) is 11.8. The molecule has 1 aliphatic carbocycles. The molecule has 0 saturated heterocycles. The summed E-state index contributed by atoms with van der Waals surface area (Å²) in [5, 5.41) is 12.7. The Balaban J connectivity index is 1.41. The first kappa shape index (κ1) is 21.0. The average Bonchev–Trinajstić information content (AvgIpc) is 3.53. The van der Waals surface area contributed by atoms with E-state index in [0.29, 0.717) is 24.9 Å². The fraction of sp³-hybridized carbons (Fsp3) is 0.591. The third-order valence-corrected chi connectivity index (χ3v) is 6.42. The van der Waals surface area contributed by atoms with E-state index in [9.17, 15) is 4.79 Å². The number of rotatable bonds is 8. The van der Waals surface area contributed by atoms with Crippen molar-refractivity contribution < 1.29 is 14.3 Å². The number of amides is 1. The van der Waals surface area contributed by atoms with E-state index in [1.165, 1.54) is 24.6 Å². The molecule has 7 nitrogen and oxygen atoms in total. The van der Waals surface area contributed by atoms with Gasteiger partial charge in [-0.3, -0.25) is 4.79 Å². The smallest absolute Gasteiger partial charge is 0.230 e. The van der Waals surface area contributed by atoms with Crippen LogP contribution in [0.3, 0.4) is 0 Å². The normalized spacial score (nSPS) is 16.9. The van der Waals surface area contributed by atoms with Crippen molar-refractivity contribution in [1.29, 1.82) is 0 Å². The minimum absolute atomic E-state index is 0.00978. The lowest BCUT2D eigenvalue weighted by Crippen LogP contribution is -2.33. The molecule has 0 bridgehead atoms. The van der Waals surface area contributed by atoms with Crippen LogP contribution in [0.5, 0.6) is 11.5 Å². The van der Waals surface area contributed by atoms with Crippen molar-refractivity contribution in [3.05, 3.63) is 29.6 Å². The predicted octanol–water partition coefficient (Wildman–Crippen LogP) is 3.94. The Morgan fingerprint density at radius 2 is 2.00 bits per heavy atom. The van der Waals surface area contributed by atoms with Crippen LogP contribution in [0.1, 0.15) is 63.4 Å². The molecule has 30 heavy (non-hydrogen) atoms. The molecule has 0 spiro atoms. The number of nitrogens with zero attached hydrogens (tertiary/aromatic N) is 3. The summed E-state index contributed by atoms with van der Waals surface area (Å²) < 4.78 is 13.7. The summed E-state index contributed by atoms with van der Waals surface area (Å²) >= 11 is 1.45. The summed E-state index contributed by atoms with van der Waals surface area (Å²) in [5.41, 5.74) is 1.03. The van der Waals surface area contributed by atoms with E-state index < -0.39 is 0 Å². The van der Waals surface area contributed by atoms with Gasteiger partial charge in [-0.25, -0.2) is 0 Å². The Bertz CT molecular complexity index is 895. The van der Waals surface area contributed by atoms with Gasteiger partial charge in [0.2, 0.25) is 5.91 Å². The molecule has 1 N–H and O–H groups in total. The van der Waals surface area contributed by atoms with E-state index in [1.54, 1.807) is 0 Å². The zero-order valence-electron chi connectivity index (χ0n) is 17.9. The van der Waals surface area contributed by atoms with E-state index in [4.69, 9.17) is 9.47 Å². The lowest BCUT2D eigenvalue weighted by molar-refractivity contribution is -0.119. The Morgan fingerprint density at radius 3 is 2.70 bits per heavy atom. The molecule has 2 heterocycles. The van der Waals surface area contributed by atoms with Crippen LogP contribution in [-0.2, 0) is 11.3 Å². The monoisotopic (exact) mass is 430 g/mol. The van der Waals surface area contributed by atoms with Crippen molar-refractivity contribution in [2.75, 3.05) is 19.0 Å². The molecule has 1 unspecified atom stereocenters. The predicted molar refractivity (Wildman–Crippen MR) is 116 cm³/mol. The highest BCUT2D eigenvalue weighted by atomic mass is 32.2. The quantitative estimate of drug-likeness (QED) is 0.639. The van der Waals surface area contributed by atoms with E-state index in [0.717, 1.165) is 41.0 Å². The van der Waals surface area contributed by atoms with Crippen LogP contribution in [0.15, 0.2) is 23.4 Å². The van der Waals surface area contributed by atoms with Crippen LogP contribution in [0.25, 0.3) is 0 Å². The number of hydrogen-bond donors (Lipinski definition) is 1. The maximum atomic E-state index is 12.8. The van der Waals surface area contributed by atoms with Crippen molar-refractivity contribution in [3.63, 3.8) is 0 Å². The molecule has 1 aliphatic heterocycles. The molecule has 1 fully saturated rings. The lowest BCUT2D eigenvalue weighted by Gasteiger charge is -2.24. The van der Waals surface area contributed by atoms with Gasteiger partial charge in [-0.1, -0.05) is 31.7 Å². The van der Waals surface area contributed by atoms with Gasteiger partial charge < -0.3 is 19.4 Å². The number of carbonyl (C=O) groups excluding carboxylic acids is 1. The molecule has 4 rings (SSSR count). The molecule has 8 heteroatoms. The second-order valence-corrected chi connectivity index (χ2v) is 9.14. The number of nitrogens with one attached hydrogen (secondary N) is 1. The molecule has 162 valence electrons. The second-order valence-electron chi connectivity index (χ2n) is 8.19. The number of thioether (sulfide) groups is 1. The highest BCUT2D eigenvalue weighted by Gasteiger charge is 2.30. The molecule has 1 aromatic carbocycles. The summed E-state index contributed by atoms with van der Waals surface area (Å²) in [4.78, 5) is 12.8. The van der Waals surface area contributed by atoms with Gasteiger partial charge in [-0.15, -0.1) is 10.2 Å². The summed E-state index contributed by atoms with van der Waals surface area (Å²) in [6.07, 6.45) is 3.25. The molecule has 2 aromatic rings. The van der Waals surface area contributed by atoms with Gasteiger partial charge in [-0.2, -0.15) is 0 Å². The van der Waals surface area contributed by atoms with E-state index in [1.807, 2.05) is 18.2 Å². The molecular formula is C22H30N4O3S. The third kappa shape index (κ3) is 4.74. The van der Waals surface area contributed by atoms with Gasteiger partial charge in [0.1, 0.15) is 5.82 Å². The van der Waals surface area contributed by atoms with Gasteiger partial charge in [0, 0.05) is 18.9 Å². The van der Waals surface area contributed by atoms with Gasteiger partial charge in [-0.05, 0) is 43.4 Å². The highest BCUT2D eigenvalue weighted by Crippen LogP contribution is 2.40. The lowest BCUT2D eigenvalue weighted by atomic mass is 9.95. The molecule has 2 aliphatic rings. The number of fused-ring (bicyclic) bond motifs is 1.